The van der Waals surface area contributed by atoms with Crippen LogP contribution < -0.4 is 5.32 Å². The Hall–Kier alpha value is -3.16. The maximum atomic E-state index is 12.2. The summed E-state index contributed by atoms with van der Waals surface area (Å²) in [6, 6.07) is 4.04. The molecule has 3 rings (SSSR count). The van der Waals surface area contributed by atoms with Gasteiger partial charge in [0.05, 0.1) is 37.0 Å². The molecule has 0 spiro atoms. The predicted octanol–water partition coefficient (Wildman–Crippen LogP) is 1.95. The third-order valence-corrected chi connectivity index (χ3v) is 5.05. The van der Waals surface area contributed by atoms with Crippen LogP contribution in [0.2, 0.25) is 0 Å². The molecule has 1 saturated carbocycles. The molecule has 0 heterocycles. The van der Waals surface area contributed by atoms with Crippen LogP contribution in [0.1, 0.15) is 33.6 Å². The van der Waals surface area contributed by atoms with Crippen molar-refractivity contribution in [3.05, 3.63) is 41.5 Å². The topological polar surface area (TPSA) is 108 Å². The van der Waals surface area contributed by atoms with Gasteiger partial charge in [0.2, 0.25) is 0 Å². The number of amides is 1. The summed E-state index contributed by atoms with van der Waals surface area (Å²) in [6.07, 6.45) is 5.84. The fraction of sp³-hybridized carbons (Fsp3) is 0.400. The van der Waals surface area contributed by atoms with E-state index in [1.165, 1.54) is 32.4 Å². The van der Waals surface area contributed by atoms with Crippen molar-refractivity contribution in [2.45, 2.75) is 12.8 Å². The maximum absolute atomic E-state index is 12.2. The minimum Gasteiger partial charge on any atom is -0.465 e. The number of esters is 3. The summed E-state index contributed by atoms with van der Waals surface area (Å²) < 4.78 is 14.5. The molecule has 0 saturated heterocycles. The Morgan fingerprint density at radius 3 is 2.39 bits per heavy atom. The Balaban J connectivity index is 1.65. The lowest BCUT2D eigenvalue weighted by molar-refractivity contribution is -0.152. The quantitative estimate of drug-likeness (QED) is 0.451. The van der Waals surface area contributed by atoms with E-state index >= 15 is 0 Å². The number of nitrogens with one attached hydrogen (secondary N) is 1. The molecular weight excluding hydrogens is 366 g/mol. The number of benzene rings is 1. The van der Waals surface area contributed by atoms with Crippen molar-refractivity contribution in [3.63, 3.8) is 0 Å². The molecule has 3 atom stereocenters. The molecule has 0 aromatic heterocycles. The SMILES string of the molecule is COC(=O)c1ccc(C(=O)OC)c(NC(=O)COC(=O)[C@H]2C[C@@H]3C=C[C@H]2C3)c1. The van der Waals surface area contributed by atoms with Gasteiger partial charge in [0, 0.05) is 0 Å². The molecule has 28 heavy (non-hydrogen) atoms. The van der Waals surface area contributed by atoms with E-state index in [1.807, 2.05) is 6.08 Å². The summed E-state index contributed by atoms with van der Waals surface area (Å²) in [5.74, 6) is -1.94. The Morgan fingerprint density at radius 1 is 1.04 bits per heavy atom. The first-order chi connectivity index (χ1) is 13.4. The molecule has 1 aromatic rings. The van der Waals surface area contributed by atoms with Crippen LogP contribution >= 0.6 is 0 Å². The van der Waals surface area contributed by atoms with Gasteiger partial charge in [-0.25, -0.2) is 9.59 Å². The number of hydrogen-bond donors (Lipinski definition) is 1. The van der Waals surface area contributed by atoms with Crippen LogP contribution in [0.3, 0.4) is 0 Å². The van der Waals surface area contributed by atoms with Gasteiger partial charge in [-0.05, 0) is 42.9 Å². The van der Waals surface area contributed by atoms with E-state index in [9.17, 15) is 19.2 Å². The molecule has 0 radical (unpaired) electrons. The number of ether oxygens (including phenoxy) is 3. The normalized spacial score (nSPS) is 21.9. The number of hydrogen-bond acceptors (Lipinski definition) is 7. The average Bonchev–Trinajstić information content (AvgIpc) is 3.34. The van der Waals surface area contributed by atoms with Crippen LogP contribution in [-0.4, -0.2) is 44.6 Å². The summed E-state index contributed by atoms with van der Waals surface area (Å²) >= 11 is 0. The Morgan fingerprint density at radius 2 is 1.79 bits per heavy atom. The van der Waals surface area contributed by atoms with Gasteiger partial charge in [-0.1, -0.05) is 12.2 Å². The first-order valence-corrected chi connectivity index (χ1v) is 8.88. The highest BCUT2D eigenvalue weighted by Gasteiger charge is 2.40. The van der Waals surface area contributed by atoms with E-state index in [4.69, 9.17) is 4.74 Å². The first-order valence-electron chi connectivity index (χ1n) is 8.88. The molecule has 8 nitrogen and oxygen atoms in total. The van der Waals surface area contributed by atoms with Crippen LogP contribution in [0.25, 0.3) is 0 Å². The zero-order valence-corrected chi connectivity index (χ0v) is 15.6. The molecule has 148 valence electrons. The maximum Gasteiger partial charge on any atom is 0.339 e. The number of allylic oxidation sites excluding steroid dienone is 2. The van der Waals surface area contributed by atoms with Crippen molar-refractivity contribution >= 4 is 29.5 Å². The molecular formula is C20H21NO7. The van der Waals surface area contributed by atoms with Gasteiger partial charge < -0.3 is 19.5 Å². The van der Waals surface area contributed by atoms with E-state index in [1.54, 1.807) is 0 Å². The molecule has 0 unspecified atom stereocenters. The third-order valence-electron chi connectivity index (χ3n) is 5.05. The number of fused-ring (bicyclic) bond motifs is 2. The average molecular weight is 387 g/mol. The zero-order valence-electron chi connectivity index (χ0n) is 15.6. The first kappa shape index (κ1) is 19.6. The van der Waals surface area contributed by atoms with E-state index < -0.39 is 30.4 Å². The zero-order chi connectivity index (χ0) is 20.3. The van der Waals surface area contributed by atoms with Crippen LogP contribution in [-0.2, 0) is 23.8 Å². The molecule has 2 bridgehead atoms. The second kappa shape index (κ2) is 8.24. The highest BCUT2D eigenvalue weighted by atomic mass is 16.5. The minimum atomic E-state index is -0.683. The second-order valence-corrected chi connectivity index (χ2v) is 6.79. The van der Waals surface area contributed by atoms with Gasteiger partial charge in [-0.15, -0.1) is 0 Å². The largest absolute Gasteiger partial charge is 0.465 e. The van der Waals surface area contributed by atoms with Gasteiger partial charge in [0.25, 0.3) is 5.91 Å². The number of anilines is 1. The molecule has 8 heteroatoms. The molecule has 1 amide bonds. The summed E-state index contributed by atoms with van der Waals surface area (Å²) in [5.41, 5.74) is 0.281. The lowest BCUT2D eigenvalue weighted by atomic mass is 9.94. The summed E-state index contributed by atoms with van der Waals surface area (Å²) in [6.45, 7) is -0.487. The standard InChI is InChI=1S/C20H21NO7/c1-26-18(23)13-5-6-14(19(24)27-2)16(9-13)21-17(22)10-28-20(25)15-8-11-3-4-12(15)7-11/h3-6,9,11-12,15H,7-8,10H2,1-2H3,(H,21,22)/t11-,12+,15+/m1/s1. The number of rotatable bonds is 6. The van der Waals surface area contributed by atoms with Crippen molar-refractivity contribution in [2.75, 3.05) is 26.1 Å². The number of carbonyl (C=O) groups is 4. The predicted molar refractivity (Wildman–Crippen MR) is 97.6 cm³/mol. The van der Waals surface area contributed by atoms with E-state index in [0.717, 1.165) is 12.8 Å². The molecule has 2 aliphatic rings. The van der Waals surface area contributed by atoms with E-state index in [0.29, 0.717) is 5.92 Å². The van der Waals surface area contributed by atoms with Crippen LogP contribution in [0.5, 0.6) is 0 Å². The van der Waals surface area contributed by atoms with Gasteiger partial charge in [0.1, 0.15) is 0 Å². The van der Waals surface area contributed by atoms with E-state index in [2.05, 4.69) is 20.9 Å². The van der Waals surface area contributed by atoms with Gasteiger partial charge >= 0.3 is 17.9 Å². The highest BCUT2D eigenvalue weighted by Crippen LogP contribution is 2.43. The van der Waals surface area contributed by atoms with Crippen molar-refractivity contribution in [3.8, 4) is 0 Å². The molecule has 1 N–H and O–H groups in total. The third kappa shape index (κ3) is 4.05. The summed E-state index contributed by atoms with van der Waals surface area (Å²) in [4.78, 5) is 48.1. The Kier molecular flexibility index (Phi) is 5.77. The van der Waals surface area contributed by atoms with Gasteiger partial charge in [0.15, 0.2) is 6.61 Å². The van der Waals surface area contributed by atoms with Crippen molar-refractivity contribution in [2.24, 2.45) is 17.8 Å². The summed E-state index contributed by atoms with van der Waals surface area (Å²) in [7, 11) is 2.42. The van der Waals surface area contributed by atoms with Crippen molar-refractivity contribution in [1.29, 1.82) is 0 Å². The van der Waals surface area contributed by atoms with Crippen molar-refractivity contribution < 1.29 is 33.4 Å². The molecule has 1 fully saturated rings. The van der Waals surface area contributed by atoms with E-state index in [-0.39, 0.29) is 28.7 Å². The highest BCUT2D eigenvalue weighted by molar-refractivity contribution is 6.04. The Labute approximate surface area is 161 Å². The Bertz CT molecular complexity index is 845. The minimum absolute atomic E-state index is 0.0630. The van der Waals surface area contributed by atoms with Crippen LogP contribution in [0, 0.1) is 17.8 Å². The van der Waals surface area contributed by atoms with Gasteiger partial charge in [-0.2, -0.15) is 0 Å². The van der Waals surface area contributed by atoms with Crippen LogP contribution in [0.15, 0.2) is 30.4 Å². The van der Waals surface area contributed by atoms with Crippen LogP contribution in [0.4, 0.5) is 5.69 Å². The molecule has 0 aliphatic heterocycles. The smallest absolute Gasteiger partial charge is 0.339 e. The number of carbonyl (C=O) groups excluding carboxylic acids is 4. The summed E-state index contributed by atoms with van der Waals surface area (Å²) in [5, 5.41) is 2.49. The number of methoxy groups -OCH3 is 2. The second-order valence-electron chi connectivity index (χ2n) is 6.79. The lowest BCUT2D eigenvalue weighted by Gasteiger charge is -2.17. The monoisotopic (exact) mass is 387 g/mol. The van der Waals surface area contributed by atoms with Crippen molar-refractivity contribution in [1.82, 2.24) is 0 Å². The fourth-order valence-corrected chi connectivity index (χ4v) is 3.66. The van der Waals surface area contributed by atoms with Gasteiger partial charge in [-0.3, -0.25) is 9.59 Å². The lowest BCUT2D eigenvalue weighted by Crippen LogP contribution is -2.27. The fourth-order valence-electron chi connectivity index (χ4n) is 3.66. The molecule has 1 aromatic carbocycles. The molecule has 2 aliphatic carbocycles.